The monoisotopic (exact) mass is 377 g/mol. The number of aromatic nitrogens is 6. The predicted octanol–water partition coefficient (Wildman–Crippen LogP) is 3.27. The first-order valence-corrected chi connectivity index (χ1v) is 8.73. The maximum Gasteiger partial charge on any atom is 0.223 e. The number of ether oxygens (including phenoxy) is 1. The van der Waals surface area contributed by atoms with Gasteiger partial charge in [0.25, 0.3) is 0 Å². The second kappa shape index (κ2) is 7.18. The molecule has 0 saturated heterocycles. The summed E-state index contributed by atoms with van der Waals surface area (Å²) in [5.41, 5.74) is 2.49. The molecule has 3 aromatic heterocycles. The van der Waals surface area contributed by atoms with Gasteiger partial charge in [-0.2, -0.15) is 4.98 Å². The molecule has 0 fully saturated rings. The molecule has 3 heterocycles. The first kappa shape index (κ1) is 17.8. The van der Waals surface area contributed by atoms with Gasteiger partial charge in [-0.1, -0.05) is 5.16 Å². The summed E-state index contributed by atoms with van der Waals surface area (Å²) in [5, 5.41) is 8.07. The van der Waals surface area contributed by atoms with Crippen molar-refractivity contribution in [2.75, 3.05) is 12.4 Å². The number of nitrogens with one attached hydrogen (secondary N) is 1. The van der Waals surface area contributed by atoms with Crippen LogP contribution in [-0.2, 0) is 0 Å². The van der Waals surface area contributed by atoms with Gasteiger partial charge >= 0.3 is 0 Å². The van der Waals surface area contributed by atoms with Gasteiger partial charge in [0.15, 0.2) is 11.6 Å². The highest BCUT2D eigenvalue weighted by Gasteiger charge is 2.17. The third kappa shape index (κ3) is 3.34. The van der Waals surface area contributed by atoms with E-state index in [1.165, 1.54) is 6.33 Å². The van der Waals surface area contributed by atoms with Gasteiger partial charge in [-0.3, -0.25) is 0 Å². The second-order valence-electron chi connectivity index (χ2n) is 6.42. The van der Waals surface area contributed by atoms with Crippen molar-refractivity contribution in [2.24, 2.45) is 0 Å². The Morgan fingerprint density at radius 1 is 1.07 bits per heavy atom. The van der Waals surface area contributed by atoms with Crippen LogP contribution < -0.4 is 10.1 Å². The number of hydrogen-bond donors (Lipinski definition) is 1. The summed E-state index contributed by atoms with van der Waals surface area (Å²) in [5.74, 6) is 2.91. The lowest BCUT2D eigenvalue weighted by Gasteiger charge is -2.14. The van der Waals surface area contributed by atoms with Crippen LogP contribution in [0.5, 0.6) is 5.75 Å². The van der Waals surface area contributed by atoms with Crippen molar-refractivity contribution in [3.8, 4) is 17.1 Å². The largest absolute Gasteiger partial charge is 0.494 e. The molecule has 9 nitrogen and oxygen atoms in total. The SMILES string of the molecule is COc1cc(-c2ncc(C)cn2)cc2c(NC(C)c3noc(C)n3)ncnc12. The molecular weight excluding hydrogens is 358 g/mol. The maximum atomic E-state index is 5.55. The predicted molar refractivity (Wildman–Crippen MR) is 103 cm³/mol. The zero-order chi connectivity index (χ0) is 19.7. The Kier molecular flexibility index (Phi) is 4.56. The van der Waals surface area contributed by atoms with Gasteiger partial charge in [0.2, 0.25) is 5.89 Å². The van der Waals surface area contributed by atoms with E-state index in [9.17, 15) is 0 Å². The van der Waals surface area contributed by atoms with Crippen LogP contribution in [0.4, 0.5) is 5.82 Å². The van der Waals surface area contributed by atoms with E-state index in [4.69, 9.17) is 9.26 Å². The van der Waals surface area contributed by atoms with E-state index >= 15 is 0 Å². The fourth-order valence-corrected chi connectivity index (χ4v) is 2.84. The summed E-state index contributed by atoms with van der Waals surface area (Å²) in [4.78, 5) is 21.9. The number of aryl methyl sites for hydroxylation is 2. The number of fused-ring (bicyclic) bond motifs is 1. The summed E-state index contributed by atoms with van der Waals surface area (Å²) in [6.07, 6.45) is 5.05. The summed E-state index contributed by atoms with van der Waals surface area (Å²) >= 11 is 0. The summed E-state index contributed by atoms with van der Waals surface area (Å²) in [6, 6.07) is 3.61. The van der Waals surface area contributed by atoms with E-state index < -0.39 is 0 Å². The molecule has 0 saturated carbocycles. The normalized spacial score (nSPS) is 12.1. The zero-order valence-electron chi connectivity index (χ0n) is 16.0. The van der Waals surface area contributed by atoms with Gasteiger partial charge in [-0.25, -0.2) is 19.9 Å². The molecule has 142 valence electrons. The Bertz CT molecular complexity index is 1130. The van der Waals surface area contributed by atoms with Crippen LogP contribution in [0.25, 0.3) is 22.3 Å². The van der Waals surface area contributed by atoms with E-state index in [1.807, 2.05) is 26.0 Å². The average Bonchev–Trinajstić information content (AvgIpc) is 3.14. The first-order valence-electron chi connectivity index (χ1n) is 8.73. The van der Waals surface area contributed by atoms with Gasteiger partial charge in [-0.05, 0) is 31.5 Å². The van der Waals surface area contributed by atoms with Crippen LogP contribution >= 0.6 is 0 Å². The topological polar surface area (TPSA) is 112 Å². The van der Waals surface area contributed by atoms with Crippen molar-refractivity contribution < 1.29 is 9.26 Å². The van der Waals surface area contributed by atoms with Crippen molar-refractivity contribution >= 4 is 16.7 Å². The van der Waals surface area contributed by atoms with Crippen LogP contribution in [0, 0.1) is 13.8 Å². The number of hydrogen-bond acceptors (Lipinski definition) is 9. The van der Waals surface area contributed by atoms with Crippen molar-refractivity contribution in [1.29, 1.82) is 0 Å². The molecule has 1 N–H and O–H groups in total. The van der Waals surface area contributed by atoms with Crippen LogP contribution in [-0.4, -0.2) is 37.2 Å². The van der Waals surface area contributed by atoms with Crippen molar-refractivity contribution in [2.45, 2.75) is 26.8 Å². The Hall–Kier alpha value is -3.62. The number of nitrogens with zero attached hydrogens (tertiary/aromatic N) is 6. The van der Waals surface area contributed by atoms with Gasteiger partial charge in [0.05, 0.1) is 13.2 Å². The molecule has 0 radical (unpaired) electrons. The molecule has 0 aliphatic rings. The summed E-state index contributed by atoms with van der Waals surface area (Å²) in [7, 11) is 1.61. The molecule has 4 aromatic rings. The van der Waals surface area contributed by atoms with E-state index in [0.29, 0.717) is 34.6 Å². The molecule has 4 rings (SSSR count). The minimum atomic E-state index is -0.208. The highest BCUT2D eigenvalue weighted by Crippen LogP contribution is 2.33. The molecule has 0 bridgehead atoms. The van der Waals surface area contributed by atoms with Crippen molar-refractivity contribution in [1.82, 2.24) is 30.1 Å². The summed E-state index contributed by atoms with van der Waals surface area (Å²) < 4.78 is 10.6. The number of benzene rings is 1. The highest BCUT2D eigenvalue weighted by atomic mass is 16.5. The minimum absolute atomic E-state index is 0.208. The van der Waals surface area contributed by atoms with Crippen LogP contribution in [0.2, 0.25) is 0 Å². The fourth-order valence-electron chi connectivity index (χ4n) is 2.84. The van der Waals surface area contributed by atoms with Gasteiger partial charge in [0, 0.05) is 30.3 Å². The van der Waals surface area contributed by atoms with Crippen LogP contribution in [0.3, 0.4) is 0 Å². The van der Waals surface area contributed by atoms with Crippen LogP contribution in [0.1, 0.15) is 30.2 Å². The highest BCUT2D eigenvalue weighted by molar-refractivity contribution is 5.96. The third-order valence-corrected chi connectivity index (χ3v) is 4.25. The first-order chi connectivity index (χ1) is 13.5. The Balaban J connectivity index is 1.80. The Morgan fingerprint density at radius 2 is 1.86 bits per heavy atom. The van der Waals surface area contributed by atoms with Gasteiger partial charge < -0.3 is 14.6 Å². The smallest absolute Gasteiger partial charge is 0.223 e. The van der Waals surface area contributed by atoms with Crippen molar-refractivity contribution in [3.05, 3.63) is 48.1 Å². The molecule has 1 atom stereocenters. The average molecular weight is 377 g/mol. The molecule has 1 unspecified atom stereocenters. The third-order valence-electron chi connectivity index (χ3n) is 4.25. The van der Waals surface area contributed by atoms with E-state index in [1.54, 1.807) is 26.4 Å². The molecule has 28 heavy (non-hydrogen) atoms. The van der Waals surface area contributed by atoms with Gasteiger partial charge in [0.1, 0.15) is 23.4 Å². The molecule has 9 heteroatoms. The standard InChI is InChI=1S/C19H19N7O2/c1-10-7-20-18(21-8-10)13-5-14-16(15(6-13)27-4)22-9-23-19(14)24-11(2)17-25-12(3)28-26-17/h5-9,11H,1-4H3,(H,22,23,24). The van der Waals surface area contributed by atoms with Gasteiger partial charge in [-0.15, -0.1) is 0 Å². The molecular formula is C19H19N7O2. The number of methoxy groups -OCH3 is 1. The van der Waals surface area contributed by atoms with E-state index in [0.717, 1.165) is 16.5 Å². The zero-order valence-corrected chi connectivity index (χ0v) is 16.0. The lowest BCUT2D eigenvalue weighted by Crippen LogP contribution is -2.10. The molecule has 0 spiro atoms. The maximum absolute atomic E-state index is 5.55. The molecule has 0 aliphatic carbocycles. The molecule has 0 amide bonds. The quantitative estimate of drug-likeness (QED) is 0.560. The summed E-state index contributed by atoms with van der Waals surface area (Å²) in [6.45, 7) is 5.63. The molecule has 0 aliphatic heterocycles. The molecule has 1 aromatic carbocycles. The Morgan fingerprint density at radius 3 is 2.54 bits per heavy atom. The van der Waals surface area contributed by atoms with Crippen molar-refractivity contribution in [3.63, 3.8) is 0 Å². The lowest BCUT2D eigenvalue weighted by molar-refractivity contribution is 0.385. The van der Waals surface area contributed by atoms with E-state index in [2.05, 4.69) is 35.4 Å². The lowest BCUT2D eigenvalue weighted by atomic mass is 10.1. The number of anilines is 1. The van der Waals surface area contributed by atoms with Crippen LogP contribution in [0.15, 0.2) is 35.4 Å². The van der Waals surface area contributed by atoms with E-state index in [-0.39, 0.29) is 6.04 Å². The number of rotatable bonds is 5. The Labute approximate surface area is 161 Å². The minimum Gasteiger partial charge on any atom is -0.494 e. The second-order valence-corrected chi connectivity index (χ2v) is 6.42. The fraction of sp³-hybridized carbons (Fsp3) is 0.263.